The minimum absolute atomic E-state index is 0.329. The molecule has 0 bridgehead atoms. The molecule has 6 nitrogen and oxygen atoms in total. The largest absolute Gasteiger partial charge is 0.444 e. The fraction of sp³-hybridized carbons (Fsp3) is 0.222. The van der Waals surface area contributed by atoms with Gasteiger partial charge >= 0.3 is 11.8 Å². The first kappa shape index (κ1) is 11.2. The standard InChI is InChI=1S/C9H6F2N2O4/c1-12-8-4(3-17-9(12)14)7(11)6(13(15)16)2-5(8)10/h2H,3H2,1H3. The van der Waals surface area contributed by atoms with Gasteiger partial charge in [0.15, 0.2) is 5.82 Å². The molecule has 0 saturated carbocycles. The number of nitro groups is 1. The Morgan fingerprint density at radius 2 is 2.18 bits per heavy atom. The van der Waals surface area contributed by atoms with Crippen molar-refractivity contribution in [3.8, 4) is 0 Å². The summed E-state index contributed by atoms with van der Waals surface area (Å²) in [6.07, 6.45) is -0.843. The van der Waals surface area contributed by atoms with Crippen LogP contribution in [0.3, 0.4) is 0 Å². The van der Waals surface area contributed by atoms with Gasteiger partial charge in [-0.2, -0.15) is 4.39 Å². The number of carbonyl (C=O) groups excluding carboxylic acids is 1. The molecule has 1 aromatic rings. The molecular formula is C9H6F2N2O4. The topological polar surface area (TPSA) is 72.7 Å². The first-order valence-electron chi connectivity index (χ1n) is 4.49. The van der Waals surface area contributed by atoms with E-state index in [1.165, 1.54) is 7.05 Å². The van der Waals surface area contributed by atoms with Crippen LogP contribution in [0.5, 0.6) is 0 Å². The Hall–Kier alpha value is -2.25. The third-order valence-corrected chi connectivity index (χ3v) is 2.41. The minimum Gasteiger partial charge on any atom is -0.444 e. The molecule has 8 heteroatoms. The Kier molecular flexibility index (Phi) is 2.41. The van der Waals surface area contributed by atoms with Crippen LogP contribution in [0.2, 0.25) is 0 Å². The summed E-state index contributed by atoms with van der Waals surface area (Å²) in [7, 11) is 1.19. The Bertz CT molecular complexity index is 532. The van der Waals surface area contributed by atoms with Crippen molar-refractivity contribution in [2.24, 2.45) is 0 Å². The van der Waals surface area contributed by atoms with Gasteiger partial charge in [0.2, 0.25) is 5.82 Å². The van der Waals surface area contributed by atoms with Crippen molar-refractivity contribution in [3.05, 3.63) is 33.4 Å². The highest BCUT2D eigenvalue weighted by Gasteiger charge is 2.33. The third-order valence-electron chi connectivity index (χ3n) is 2.41. The molecule has 1 amide bonds. The number of nitrogens with zero attached hydrogens (tertiary/aromatic N) is 2. The molecule has 1 aliphatic heterocycles. The highest BCUT2D eigenvalue weighted by atomic mass is 19.1. The number of nitro benzene ring substituents is 1. The van der Waals surface area contributed by atoms with Crippen LogP contribution in [0.1, 0.15) is 5.56 Å². The zero-order valence-corrected chi connectivity index (χ0v) is 8.57. The molecule has 0 radical (unpaired) electrons. The lowest BCUT2D eigenvalue weighted by atomic mass is 10.1. The molecular weight excluding hydrogens is 238 g/mol. The van der Waals surface area contributed by atoms with Crippen LogP contribution in [0.25, 0.3) is 0 Å². The van der Waals surface area contributed by atoms with Crippen LogP contribution < -0.4 is 4.90 Å². The molecule has 0 saturated heterocycles. The lowest BCUT2D eigenvalue weighted by Crippen LogP contribution is -2.33. The van der Waals surface area contributed by atoms with Crippen molar-refractivity contribution < 1.29 is 23.2 Å². The second-order valence-electron chi connectivity index (χ2n) is 3.39. The van der Waals surface area contributed by atoms with Crippen LogP contribution in [0, 0.1) is 21.7 Å². The first-order valence-corrected chi connectivity index (χ1v) is 4.49. The predicted octanol–water partition coefficient (Wildman–Crippen LogP) is 1.96. The molecule has 90 valence electrons. The number of rotatable bonds is 1. The molecule has 2 rings (SSSR count). The number of benzene rings is 1. The molecule has 0 spiro atoms. The highest BCUT2D eigenvalue weighted by molar-refractivity contribution is 5.90. The van der Waals surface area contributed by atoms with Gasteiger partial charge in [-0.15, -0.1) is 0 Å². The highest BCUT2D eigenvalue weighted by Crippen LogP contribution is 2.35. The summed E-state index contributed by atoms with van der Waals surface area (Å²) >= 11 is 0. The number of hydrogen-bond acceptors (Lipinski definition) is 4. The van der Waals surface area contributed by atoms with Gasteiger partial charge in [-0.1, -0.05) is 0 Å². The van der Waals surface area contributed by atoms with E-state index in [0.29, 0.717) is 6.07 Å². The second kappa shape index (κ2) is 3.65. The van der Waals surface area contributed by atoms with Gasteiger partial charge in [0, 0.05) is 7.05 Å². The summed E-state index contributed by atoms with van der Waals surface area (Å²) in [5.41, 5.74) is -1.64. The van der Waals surface area contributed by atoms with E-state index in [9.17, 15) is 23.7 Å². The third kappa shape index (κ3) is 1.57. The smallest absolute Gasteiger partial charge is 0.414 e. The zero-order valence-electron chi connectivity index (χ0n) is 8.57. The maximum atomic E-state index is 13.7. The number of amides is 1. The SMILES string of the molecule is CN1C(=O)OCc2c(F)c([N+](=O)[O-])cc(F)c21. The number of carbonyl (C=O) groups is 1. The van der Waals surface area contributed by atoms with Crippen LogP contribution in [0.4, 0.5) is 25.0 Å². The molecule has 0 aliphatic carbocycles. The Morgan fingerprint density at radius 1 is 1.53 bits per heavy atom. The molecule has 17 heavy (non-hydrogen) atoms. The lowest BCUT2D eigenvalue weighted by Gasteiger charge is -2.25. The molecule has 0 fully saturated rings. The number of fused-ring (bicyclic) bond motifs is 1. The summed E-state index contributed by atoms with van der Waals surface area (Å²) in [4.78, 5) is 21.3. The number of cyclic esters (lactones) is 1. The van der Waals surface area contributed by atoms with Crippen molar-refractivity contribution in [2.45, 2.75) is 6.61 Å². The monoisotopic (exact) mass is 244 g/mol. The van der Waals surface area contributed by atoms with E-state index in [1.54, 1.807) is 0 Å². The van der Waals surface area contributed by atoms with Gasteiger partial charge in [-0.3, -0.25) is 15.0 Å². The van der Waals surface area contributed by atoms with Crippen molar-refractivity contribution in [3.63, 3.8) is 0 Å². The average Bonchev–Trinajstić information content (AvgIpc) is 2.26. The van der Waals surface area contributed by atoms with Crippen LogP contribution in [0.15, 0.2) is 6.07 Å². The van der Waals surface area contributed by atoms with Gasteiger partial charge in [0.05, 0.1) is 22.2 Å². The van der Waals surface area contributed by atoms with E-state index in [4.69, 9.17) is 0 Å². The van der Waals surface area contributed by atoms with Gasteiger partial charge < -0.3 is 4.74 Å². The van der Waals surface area contributed by atoms with Crippen LogP contribution >= 0.6 is 0 Å². The van der Waals surface area contributed by atoms with Gasteiger partial charge in [-0.05, 0) is 0 Å². The number of anilines is 1. The van der Waals surface area contributed by atoms with Gasteiger partial charge in [0.1, 0.15) is 6.61 Å². The molecule has 1 heterocycles. The van der Waals surface area contributed by atoms with Crippen molar-refractivity contribution in [2.75, 3.05) is 11.9 Å². The normalized spacial score (nSPS) is 14.3. The number of hydrogen-bond donors (Lipinski definition) is 0. The average molecular weight is 244 g/mol. The lowest BCUT2D eigenvalue weighted by molar-refractivity contribution is -0.387. The van der Waals surface area contributed by atoms with E-state index >= 15 is 0 Å². The fourth-order valence-electron chi connectivity index (χ4n) is 1.60. The van der Waals surface area contributed by atoms with E-state index in [0.717, 1.165) is 4.90 Å². The Balaban J connectivity index is 2.70. The van der Waals surface area contributed by atoms with E-state index < -0.39 is 34.9 Å². The molecule has 0 atom stereocenters. The predicted molar refractivity (Wildman–Crippen MR) is 51.6 cm³/mol. The summed E-state index contributed by atoms with van der Waals surface area (Å²) < 4.78 is 31.8. The maximum Gasteiger partial charge on any atom is 0.414 e. The van der Waals surface area contributed by atoms with Gasteiger partial charge in [0.25, 0.3) is 0 Å². The van der Waals surface area contributed by atoms with Crippen molar-refractivity contribution in [1.29, 1.82) is 0 Å². The van der Waals surface area contributed by atoms with Gasteiger partial charge in [-0.25, -0.2) is 9.18 Å². The van der Waals surface area contributed by atoms with Crippen LogP contribution in [-0.4, -0.2) is 18.1 Å². The molecule has 0 unspecified atom stereocenters. The quantitative estimate of drug-likeness (QED) is 0.559. The molecule has 0 aromatic heterocycles. The minimum atomic E-state index is -1.19. The van der Waals surface area contributed by atoms with E-state index in [-0.39, 0.29) is 11.3 Å². The fourth-order valence-corrected chi connectivity index (χ4v) is 1.60. The number of halogens is 2. The maximum absolute atomic E-state index is 13.7. The van der Waals surface area contributed by atoms with Crippen LogP contribution in [-0.2, 0) is 11.3 Å². The van der Waals surface area contributed by atoms with Crippen molar-refractivity contribution >= 4 is 17.5 Å². The Labute approximate surface area is 93.5 Å². The van der Waals surface area contributed by atoms with E-state index in [2.05, 4.69) is 4.74 Å². The Morgan fingerprint density at radius 3 is 2.76 bits per heavy atom. The summed E-state index contributed by atoms with van der Waals surface area (Å²) in [6.45, 7) is -0.525. The summed E-state index contributed by atoms with van der Waals surface area (Å²) in [5, 5.41) is 10.5. The first-order chi connectivity index (χ1) is 7.93. The summed E-state index contributed by atoms with van der Waals surface area (Å²) in [5.74, 6) is -2.22. The van der Waals surface area contributed by atoms with E-state index in [1.807, 2.05) is 0 Å². The molecule has 1 aromatic carbocycles. The van der Waals surface area contributed by atoms with Crippen molar-refractivity contribution in [1.82, 2.24) is 0 Å². The second-order valence-corrected chi connectivity index (χ2v) is 3.39. The summed E-state index contributed by atoms with van der Waals surface area (Å²) in [6, 6.07) is 0.448. The molecule has 1 aliphatic rings. The molecule has 0 N–H and O–H groups in total. The zero-order chi connectivity index (χ0) is 12.7. The number of ether oxygens (including phenoxy) is 1.